The van der Waals surface area contributed by atoms with Crippen LogP contribution < -0.4 is 4.74 Å². The minimum absolute atomic E-state index is 0.0294. The summed E-state index contributed by atoms with van der Waals surface area (Å²) in [4.78, 5) is 2.61. The Morgan fingerprint density at radius 3 is 3.00 bits per heavy atom. The van der Waals surface area contributed by atoms with E-state index in [0.717, 1.165) is 43.9 Å². The van der Waals surface area contributed by atoms with Crippen LogP contribution in [0.4, 0.5) is 0 Å². The fourth-order valence-electron chi connectivity index (χ4n) is 6.36. The monoisotopic (exact) mass is 323 g/mol. The molecule has 2 saturated carbocycles. The Hall–Kier alpha value is -1.32. The Kier molecular flexibility index (Phi) is 2.47. The van der Waals surface area contributed by atoms with E-state index in [2.05, 4.69) is 29.7 Å². The highest BCUT2D eigenvalue weighted by Gasteiger charge is 2.71. The molecule has 126 valence electrons. The smallest absolute Gasteiger partial charge is 0.132 e. The summed E-state index contributed by atoms with van der Waals surface area (Å²) in [5.74, 6) is 1.87. The van der Waals surface area contributed by atoms with Gasteiger partial charge in [0.15, 0.2) is 0 Å². The molecule has 4 atom stereocenters. The number of aliphatic hydroxyl groups is 1. The lowest BCUT2D eigenvalue weighted by Crippen LogP contribution is -2.75. The minimum atomic E-state index is -0.661. The molecule has 1 spiro atoms. The minimum Gasteiger partial charge on any atom is -0.485 e. The van der Waals surface area contributed by atoms with E-state index >= 15 is 0 Å². The molecule has 0 radical (unpaired) electrons. The van der Waals surface area contributed by atoms with Crippen LogP contribution in [-0.2, 0) is 11.8 Å². The van der Waals surface area contributed by atoms with Crippen LogP contribution in [0, 0.1) is 5.92 Å². The zero-order valence-electron chi connectivity index (χ0n) is 14.1. The Balaban J connectivity index is 1.56. The summed E-state index contributed by atoms with van der Waals surface area (Å²) < 4.78 is 6.41. The quantitative estimate of drug-likeness (QED) is 0.850. The lowest BCUT2D eigenvalue weighted by molar-refractivity contribution is -0.174. The number of nitrogens with zero attached hydrogens (tertiary/aromatic N) is 1. The van der Waals surface area contributed by atoms with Gasteiger partial charge in [0.05, 0.1) is 11.0 Å². The first kappa shape index (κ1) is 13.9. The molecular formula is C21H25NO2. The molecule has 2 aliphatic heterocycles. The highest BCUT2D eigenvalue weighted by molar-refractivity contribution is 5.59. The van der Waals surface area contributed by atoms with Crippen LogP contribution in [0.25, 0.3) is 0 Å². The maximum Gasteiger partial charge on any atom is 0.132 e. The van der Waals surface area contributed by atoms with Gasteiger partial charge in [-0.15, -0.1) is 0 Å². The van der Waals surface area contributed by atoms with Crippen LogP contribution >= 0.6 is 0 Å². The van der Waals surface area contributed by atoms with Gasteiger partial charge in [-0.2, -0.15) is 0 Å². The molecule has 0 unspecified atom stereocenters. The van der Waals surface area contributed by atoms with E-state index in [4.69, 9.17) is 4.74 Å². The van der Waals surface area contributed by atoms with Crippen molar-refractivity contribution >= 4 is 0 Å². The second kappa shape index (κ2) is 4.25. The summed E-state index contributed by atoms with van der Waals surface area (Å²) in [5, 5.41) is 12.1. The van der Waals surface area contributed by atoms with Gasteiger partial charge in [-0.1, -0.05) is 18.7 Å². The number of rotatable bonds is 2. The lowest BCUT2D eigenvalue weighted by Gasteiger charge is -2.63. The van der Waals surface area contributed by atoms with Crippen molar-refractivity contribution in [2.24, 2.45) is 5.92 Å². The summed E-state index contributed by atoms with van der Waals surface area (Å²) in [5.41, 5.74) is 2.99. The summed E-state index contributed by atoms with van der Waals surface area (Å²) >= 11 is 0. The third-order valence-electron chi connectivity index (χ3n) is 7.61. The molecule has 3 aliphatic carbocycles. The predicted octanol–water partition coefficient (Wildman–Crippen LogP) is 2.81. The second-order valence-electron chi connectivity index (χ2n) is 8.75. The van der Waals surface area contributed by atoms with Gasteiger partial charge in [-0.25, -0.2) is 0 Å². The van der Waals surface area contributed by atoms with Gasteiger partial charge >= 0.3 is 0 Å². The van der Waals surface area contributed by atoms with E-state index in [9.17, 15) is 5.11 Å². The molecule has 0 amide bonds. The Bertz CT molecular complexity index is 754. The third-order valence-corrected chi connectivity index (χ3v) is 7.61. The molecule has 0 aromatic heterocycles. The molecule has 6 rings (SSSR count). The molecule has 2 bridgehead atoms. The Labute approximate surface area is 143 Å². The van der Waals surface area contributed by atoms with Gasteiger partial charge < -0.3 is 9.84 Å². The van der Waals surface area contributed by atoms with Gasteiger partial charge in [0, 0.05) is 18.2 Å². The van der Waals surface area contributed by atoms with Crippen molar-refractivity contribution < 1.29 is 9.84 Å². The molecule has 1 saturated heterocycles. The van der Waals surface area contributed by atoms with Crippen molar-refractivity contribution in [3.63, 3.8) is 0 Å². The highest BCUT2D eigenvalue weighted by Crippen LogP contribution is 2.64. The van der Waals surface area contributed by atoms with Gasteiger partial charge in [0.25, 0.3) is 0 Å². The van der Waals surface area contributed by atoms with Gasteiger partial charge in [-0.05, 0) is 68.2 Å². The summed E-state index contributed by atoms with van der Waals surface area (Å²) in [6, 6.07) is 6.72. The molecule has 2 heterocycles. The van der Waals surface area contributed by atoms with Crippen LogP contribution in [0.5, 0.6) is 5.75 Å². The number of hydrogen-bond donors (Lipinski definition) is 1. The number of benzene rings is 1. The van der Waals surface area contributed by atoms with Crippen LogP contribution in [0.15, 0.2) is 30.4 Å². The maximum atomic E-state index is 12.1. The van der Waals surface area contributed by atoms with Crippen molar-refractivity contribution in [3.05, 3.63) is 41.5 Å². The third kappa shape index (κ3) is 1.44. The molecule has 3 nitrogen and oxygen atoms in total. The standard InChI is InChI=1S/C21H25NO2/c1-13-7-8-21(23)17-11-15-3-2-4-16-18(15)20(21,19(13)24-16)9-10-22(17)12-14-5-6-14/h2-4,14,17,19,23H,1,5-12H2/t17-,19+,20+,21-/m1/s1. The van der Waals surface area contributed by atoms with Crippen LogP contribution in [-0.4, -0.2) is 40.8 Å². The predicted molar refractivity (Wildman–Crippen MR) is 92.3 cm³/mol. The average Bonchev–Trinajstić information content (AvgIpc) is 3.31. The number of ether oxygens (including phenoxy) is 1. The van der Waals surface area contributed by atoms with Gasteiger partial charge in [0.1, 0.15) is 11.9 Å². The maximum absolute atomic E-state index is 12.1. The zero-order chi connectivity index (χ0) is 16.1. The van der Waals surface area contributed by atoms with Gasteiger partial charge in [-0.3, -0.25) is 4.90 Å². The molecule has 1 aromatic carbocycles. The van der Waals surface area contributed by atoms with Crippen LogP contribution in [0.3, 0.4) is 0 Å². The molecule has 5 aliphatic rings. The summed E-state index contributed by atoms with van der Waals surface area (Å²) in [6.07, 6.45) is 6.41. The topological polar surface area (TPSA) is 32.7 Å². The van der Waals surface area contributed by atoms with Crippen LogP contribution in [0.2, 0.25) is 0 Å². The second-order valence-corrected chi connectivity index (χ2v) is 8.75. The first-order valence-corrected chi connectivity index (χ1v) is 9.56. The summed E-state index contributed by atoms with van der Waals surface area (Å²) in [6.45, 7) is 6.59. The zero-order valence-corrected chi connectivity index (χ0v) is 14.1. The average molecular weight is 323 g/mol. The summed E-state index contributed by atoms with van der Waals surface area (Å²) in [7, 11) is 0. The Morgan fingerprint density at radius 1 is 1.29 bits per heavy atom. The molecule has 24 heavy (non-hydrogen) atoms. The molecular weight excluding hydrogens is 298 g/mol. The fourth-order valence-corrected chi connectivity index (χ4v) is 6.36. The Morgan fingerprint density at radius 2 is 2.17 bits per heavy atom. The fraction of sp³-hybridized carbons (Fsp3) is 0.619. The van der Waals surface area contributed by atoms with Crippen molar-refractivity contribution in [3.8, 4) is 5.75 Å². The van der Waals surface area contributed by atoms with Crippen molar-refractivity contribution in [2.75, 3.05) is 13.1 Å². The highest BCUT2D eigenvalue weighted by atomic mass is 16.5. The number of piperidine rings is 1. The van der Waals surface area contributed by atoms with E-state index in [1.54, 1.807) is 0 Å². The van der Waals surface area contributed by atoms with E-state index in [1.165, 1.54) is 36.1 Å². The molecule has 1 N–H and O–H groups in total. The van der Waals surface area contributed by atoms with Crippen molar-refractivity contribution in [2.45, 2.75) is 61.7 Å². The molecule has 3 fully saturated rings. The lowest BCUT2D eigenvalue weighted by atomic mass is 9.48. The number of likely N-dealkylation sites (tertiary alicyclic amines) is 1. The van der Waals surface area contributed by atoms with Crippen molar-refractivity contribution in [1.29, 1.82) is 0 Å². The first-order valence-electron chi connectivity index (χ1n) is 9.56. The van der Waals surface area contributed by atoms with E-state index in [-0.39, 0.29) is 17.6 Å². The first-order chi connectivity index (χ1) is 11.6. The number of hydrogen-bond acceptors (Lipinski definition) is 3. The van der Waals surface area contributed by atoms with E-state index in [0.29, 0.717) is 0 Å². The molecule has 1 aromatic rings. The van der Waals surface area contributed by atoms with E-state index in [1.807, 2.05) is 0 Å². The normalized spacial score (nSPS) is 42.6. The van der Waals surface area contributed by atoms with E-state index < -0.39 is 5.60 Å². The van der Waals surface area contributed by atoms with Crippen molar-refractivity contribution in [1.82, 2.24) is 4.90 Å². The molecule has 3 heteroatoms. The largest absolute Gasteiger partial charge is 0.485 e. The van der Waals surface area contributed by atoms with Crippen LogP contribution in [0.1, 0.15) is 43.2 Å². The SMILES string of the molecule is C=C1CC[C@@]2(O)[C@H]3Cc4cccc5c4[C@@]2(CCN3CC2CC2)[C@H]1O5. The van der Waals surface area contributed by atoms with Gasteiger partial charge in [0.2, 0.25) is 0 Å².